The fourth-order valence-corrected chi connectivity index (χ4v) is 3.80. The van der Waals surface area contributed by atoms with Gasteiger partial charge in [-0.15, -0.1) is 5.10 Å². The smallest absolute Gasteiger partial charge is 0.252 e. The van der Waals surface area contributed by atoms with Crippen molar-refractivity contribution in [1.82, 2.24) is 34.7 Å². The maximum atomic E-state index is 13.5. The van der Waals surface area contributed by atoms with E-state index in [-0.39, 0.29) is 11.9 Å². The van der Waals surface area contributed by atoms with Crippen molar-refractivity contribution in [3.05, 3.63) is 60.5 Å². The van der Waals surface area contributed by atoms with Gasteiger partial charge in [0.25, 0.3) is 5.91 Å². The fourth-order valence-electron chi connectivity index (χ4n) is 3.80. The largest absolute Gasteiger partial charge is 0.461 e. The Bertz CT molecular complexity index is 1420. The third kappa shape index (κ3) is 3.29. The Kier molecular flexibility index (Phi) is 5.02. The van der Waals surface area contributed by atoms with E-state index in [1.807, 2.05) is 30.3 Å². The van der Waals surface area contributed by atoms with Gasteiger partial charge in [-0.3, -0.25) is 4.79 Å². The first-order valence-corrected chi connectivity index (χ1v) is 10.3. The summed E-state index contributed by atoms with van der Waals surface area (Å²) < 4.78 is 13.5. The maximum absolute atomic E-state index is 13.5. The summed E-state index contributed by atoms with van der Waals surface area (Å²) in [6.45, 7) is 2.53. The van der Waals surface area contributed by atoms with Crippen LogP contribution < -0.4 is 11.1 Å². The van der Waals surface area contributed by atoms with Crippen molar-refractivity contribution >= 4 is 28.5 Å². The molecule has 0 radical (unpaired) electrons. The number of fused-ring (bicyclic) bond motifs is 3. The maximum Gasteiger partial charge on any atom is 0.252 e. The molecule has 1 unspecified atom stereocenters. The zero-order chi connectivity index (χ0) is 23.0. The summed E-state index contributed by atoms with van der Waals surface area (Å²) in [5.74, 6) is 0.732. The van der Waals surface area contributed by atoms with Crippen LogP contribution in [0.1, 0.15) is 12.5 Å². The summed E-state index contributed by atoms with van der Waals surface area (Å²) in [5.41, 5.74) is 6.64. The van der Waals surface area contributed by atoms with E-state index in [0.29, 0.717) is 41.4 Å². The summed E-state index contributed by atoms with van der Waals surface area (Å²) in [7, 11) is 1.58. The van der Waals surface area contributed by atoms with Crippen LogP contribution in [0.2, 0.25) is 0 Å². The highest BCUT2D eigenvalue weighted by Crippen LogP contribution is 2.31. The van der Waals surface area contributed by atoms with Gasteiger partial charge in [0.05, 0.1) is 24.5 Å². The van der Waals surface area contributed by atoms with Crippen LogP contribution in [0.4, 0.5) is 5.95 Å². The molecular weight excluding hydrogens is 424 g/mol. The number of nitrogens with zero attached hydrogens (tertiary/aromatic N) is 6. The van der Waals surface area contributed by atoms with Gasteiger partial charge in [0, 0.05) is 13.7 Å². The molecule has 1 amide bonds. The molecule has 4 heterocycles. The van der Waals surface area contributed by atoms with E-state index in [4.69, 9.17) is 14.9 Å². The lowest BCUT2D eigenvalue weighted by Gasteiger charge is -2.29. The number of benzene rings is 1. The molecule has 11 nitrogen and oxygen atoms in total. The van der Waals surface area contributed by atoms with E-state index >= 15 is 0 Å². The van der Waals surface area contributed by atoms with Gasteiger partial charge >= 0.3 is 0 Å². The van der Waals surface area contributed by atoms with Crippen molar-refractivity contribution in [1.29, 1.82) is 0 Å². The number of aromatic nitrogens is 6. The lowest BCUT2D eigenvalue weighted by atomic mass is 9.91. The predicted octanol–water partition coefficient (Wildman–Crippen LogP) is 1.84. The Balaban J connectivity index is 1.70. The van der Waals surface area contributed by atoms with Crippen molar-refractivity contribution < 1.29 is 13.9 Å². The second-order valence-electron chi connectivity index (χ2n) is 7.60. The van der Waals surface area contributed by atoms with Crippen LogP contribution in [0.3, 0.4) is 0 Å². The van der Waals surface area contributed by atoms with Gasteiger partial charge in [-0.25, -0.2) is 9.67 Å². The highest BCUT2D eigenvalue weighted by atomic mass is 16.5. The number of nitrogen functional groups attached to an aromatic ring is 1. The minimum atomic E-state index is -1.21. The number of hydrogen-bond donors (Lipinski definition) is 2. The Hall–Kier alpha value is -4.25. The molecule has 0 aliphatic rings. The molecular formula is C22H22N8O3. The summed E-state index contributed by atoms with van der Waals surface area (Å²) >= 11 is 0. The van der Waals surface area contributed by atoms with Crippen LogP contribution in [-0.4, -0.2) is 55.5 Å². The summed E-state index contributed by atoms with van der Waals surface area (Å²) in [5, 5.41) is 12.5. The van der Waals surface area contributed by atoms with E-state index in [0.717, 1.165) is 5.56 Å². The molecule has 0 bridgehead atoms. The highest BCUT2D eigenvalue weighted by Gasteiger charge is 2.40. The van der Waals surface area contributed by atoms with E-state index in [1.54, 1.807) is 43.3 Å². The van der Waals surface area contributed by atoms with Crippen LogP contribution in [0, 0.1) is 0 Å². The lowest BCUT2D eigenvalue weighted by molar-refractivity contribution is -0.127. The zero-order valence-corrected chi connectivity index (χ0v) is 18.1. The van der Waals surface area contributed by atoms with Gasteiger partial charge in [0.1, 0.15) is 0 Å². The number of amides is 1. The molecule has 0 aliphatic heterocycles. The average Bonchev–Trinajstić information content (AvgIpc) is 3.58. The van der Waals surface area contributed by atoms with Crippen molar-refractivity contribution in [2.75, 3.05) is 26.0 Å². The number of nitrogens with one attached hydrogen (secondary N) is 1. The van der Waals surface area contributed by atoms with Crippen LogP contribution >= 0.6 is 0 Å². The third-order valence-corrected chi connectivity index (χ3v) is 5.56. The number of anilines is 1. The molecule has 3 N–H and O–H groups in total. The molecule has 168 valence electrons. The predicted molar refractivity (Wildman–Crippen MR) is 120 cm³/mol. The SMILES string of the molecule is COCCNC(=O)C(C)(c1ccccc1)n1ncc2c1nc(N)n1nc(-c3ccco3)nc21. The molecule has 4 aromatic heterocycles. The number of furan rings is 1. The molecule has 0 saturated carbocycles. The van der Waals surface area contributed by atoms with Gasteiger partial charge < -0.3 is 20.2 Å². The van der Waals surface area contributed by atoms with Crippen LogP contribution in [0.25, 0.3) is 28.3 Å². The number of rotatable bonds is 7. The molecule has 0 spiro atoms. The molecule has 1 aromatic carbocycles. The summed E-state index contributed by atoms with van der Waals surface area (Å²) in [4.78, 5) is 22.6. The highest BCUT2D eigenvalue weighted by molar-refractivity contribution is 5.94. The van der Waals surface area contributed by atoms with E-state index < -0.39 is 5.54 Å². The van der Waals surface area contributed by atoms with Crippen molar-refractivity contribution in [3.8, 4) is 11.6 Å². The summed E-state index contributed by atoms with van der Waals surface area (Å²) in [6, 6.07) is 12.9. The molecule has 0 aliphatic carbocycles. The number of ether oxygens (including phenoxy) is 1. The van der Waals surface area contributed by atoms with Crippen LogP contribution in [0.15, 0.2) is 59.3 Å². The molecule has 0 fully saturated rings. The number of carbonyl (C=O) groups is 1. The van der Waals surface area contributed by atoms with E-state index in [9.17, 15) is 4.79 Å². The number of hydrogen-bond acceptors (Lipinski definition) is 8. The first-order valence-electron chi connectivity index (χ1n) is 10.3. The van der Waals surface area contributed by atoms with Gasteiger partial charge in [-0.1, -0.05) is 30.3 Å². The van der Waals surface area contributed by atoms with E-state index in [2.05, 4.69) is 25.5 Å². The van der Waals surface area contributed by atoms with Crippen LogP contribution in [0.5, 0.6) is 0 Å². The number of nitrogens with two attached hydrogens (primary N) is 1. The third-order valence-electron chi connectivity index (χ3n) is 5.56. The standard InChI is InChI=1S/C22H22N8O3/c1-22(14-7-4-3-5-8-14,20(31)24-10-12-32-2)30-19-15(13-25-30)18-26-17(16-9-6-11-33-16)28-29(18)21(23)27-19/h3-9,11,13H,10,12H2,1-2H3,(H2,23,27)(H,24,31). The quantitative estimate of drug-likeness (QED) is 0.361. The second-order valence-corrected chi connectivity index (χ2v) is 7.60. The second kappa shape index (κ2) is 8.02. The minimum absolute atomic E-state index is 0.111. The fraction of sp³-hybridized carbons (Fsp3) is 0.227. The Labute approximate surface area is 188 Å². The van der Waals surface area contributed by atoms with Crippen molar-refractivity contribution in [2.45, 2.75) is 12.5 Å². The molecule has 0 saturated heterocycles. The number of carbonyl (C=O) groups excluding carboxylic acids is 1. The first-order chi connectivity index (χ1) is 16.0. The Morgan fingerprint density at radius 3 is 2.73 bits per heavy atom. The van der Waals surface area contributed by atoms with Crippen molar-refractivity contribution in [3.63, 3.8) is 0 Å². The molecule has 5 rings (SSSR count). The van der Waals surface area contributed by atoms with Gasteiger partial charge in [0.2, 0.25) is 11.8 Å². The normalized spacial score (nSPS) is 13.4. The molecule has 11 heteroatoms. The monoisotopic (exact) mass is 446 g/mol. The Morgan fingerprint density at radius 2 is 2.00 bits per heavy atom. The average molecular weight is 446 g/mol. The lowest BCUT2D eigenvalue weighted by Crippen LogP contribution is -2.49. The van der Waals surface area contributed by atoms with Gasteiger partial charge in [-0.2, -0.15) is 14.6 Å². The first kappa shape index (κ1) is 20.6. The Morgan fingerprint density at radius 1 is 1.18 bits per heavy atom. The molecule has 5 aromatic rings. The van der Waals surface area contributed by atoms with Crippen molar-refractivity contribution in [2.24, 2.45) is 0 Å². The van der Waals surface area contributed by atoms with Gasteiger partial charge in [-0.05, 0) is 24.6 Å². The topological polar surface area (TPSA) is 138 Å². The van der Waals surface area contributed by atoms with Crippen LogP contribution in [-0.2, 0) is 15.1 Å². The minimum Gasteiger partial charge on any atom is -0.461 e. The van der Waals surface area contributed by atoms with E-state index in [1.165, 1.54) is 4.52 Å². The summed E-state index contributed by atoms with van der Waals surface area (Å²) in [6.07, 6.45) is 3.16. The molecule has 1 atom stereocenters. The zero-order valence-electron chi connectivity index (χ0n) is 18.1. The number of methoxy groups -OCH3 is 1. The molecule has 33 heavy (non-hydrogen) atoms. The van der Waals surface area contributed by atoms with Gasteiger partial charge in [0.15, 0.2) is 22.6 Å².